The second-order valence-corrected chi connectivity index (χ2v) is 4.57. The van der Waals surface area contributed by atoms with Crippen LogP contribution in [0.3, 0.4) is 0 Å². The van der Waals surface area contributed by atoms with E-state index in [0.29, 0.717) is 16.5 Å². The fraction of sp³-hybridized carbons (Fsp3) is 0.462. The first-order valence-corrected chi connectivity index (χ1v) is 6.53. The van der Waals surface area contributed by atoms with Gasteiger partial charge in [0.1, 0.15) is 11.5 Å². The molecule has 0 aliphatic heterocycles. The van der Waals surface area contributed by atoms with Crippen molar-refractivity contribution in [2.75, 3.05) is 0 Å². The van der Waals surface area contributed by atoms with Crippen molar-refractivity contribution in [2.45, 2.75) is 39.3 Å². The van der Waals surface area contributed by atoms with Crippen LogP contribution in [0.5, 0.6) is 0 Å². The summed E-state index contributed by atoms with van der Waals surface area (Å²) in [6.45, 7) is 4.78. The van der Waals surface area contributed by atoms with Crippen molar-refractivity contribution >= 4 is 11.6 Å². The van der Waals surface area contributed by atoms with E-state index < -0.39 is 6.10 Å². The highest BCUT2D eigenvalue weighted by Gasteiger charge is 2.22. The highest BCUT2D eigenvalue weighted by atomic mass is 35.5. The smallest absolute Gasteiger partial charge is 0.155 e. The molecule has 0 saturated carbocycles. The van der Waals surface area contributed by atoms with Crippen LogP contribution in [0.4, 0.5) is 0 Å². The Hall–Kier alpha value is -1.26. The summed E-state index contributed by atoms with van der Waals surface area (Å²) in [5.41, 5.74) is 0.593. The number of aliphatic hydroxyl groups is 1. The number of aromatic nitrogens is 2. The number of halogens is 1. The van der Waals surface area contributed by atoms with Crippen molar-refractivity contribution < 1.29 is 9.52 Å². The summed E-state index contributed by atoms with van der Waals surface area (Å²) < 4.78 is 7.28. The van der Waals surface area contributed by atoms with E-state index in [4.69, 9.17) is 16.0 Å². The van der Waals surface area contributed by atoms with Gasteiger partial charge in [-0.3, -0.25) is 4.68 Å². The van der Waals surface area contributed by atoms with Gasteiger partial charge in [0.2, 0.25) is 0 Å². The second kappa shape index (κ2) is 5.59. The van der Waals surface area contributed by atoms with Gasteiger partial charge < -0.3 is 9.52 Å². The summed E-state index contributed by atoms with van der Waals surface area (Å²) in [5.74, 6) is 1.35. The van der Waals surface area contributed by atoms with Crippen LogP contribution < -0.4 is 0 Å². The van der Waals surface area contributed by atoms with Gasteiger partial charge in [0.15, 0.2) is 6.10 Å². The minimum Gasteiger partial charge on any atom is -0.463 e. The van der Waals surface area contributed by atoms with Crippen molar-refractivity contribution in [2.24, 2.45) is 0 Å². The molecular formula is C13H17ClN2O2. The van der Waals surface area contributed by atoms with E-state index in [1.54, 1.807) is 16.9 Å². The lowest BCUT2D eigenvalue weighted by atomic mass is 10.2. The largest absolute Gasteiger partial charge is 0.463 e. The zero-order valence-corrected chi connectivity index (χ0v) is 11.3. The molecule has 2 aromatic rings. The van der Waals surface area contributed by atoms with Crippen LogP contribution >= 0.6 is 11.6 Å². The Bertz CT molecular complexity index is 519. The molecule has 0 saturated heterocycles. The number of aryl methyl sites for hydroxylation is 2. The van der Waals surface area contributed by atoms with Gasteiger partial charge in [0.05, 0.1) is 16.9 Å². The van der Waals surface area contributed by atoms with E-state index in [1.165, 1.54) is 0 Å². The Morgan fingerprint density at radius 1 is 1.44 bits per heavy atom. The number of hydrogen-bond acceptors (Lipinski definition) is 3. The minimum atomic E-state index is -0.869. The quantitative estimate of drug-likeness (QED) is 0.906. The average molecular weight is 269 g/mol. The van der Waals surface area contributed by atoms with Crippen LogP contribution in [0.1, 0.15) is 43.6 Å². The molecular weight excluding hydrogens is 252 g/mol. The molecule has 2 aromatic heterocycles. The van der Waals surface area contributed by atoms with Crippen LogP contribution in [0.15, 0.2) is 22.7 Å². The van der Waals surface area contributed by atoms with E-state index in [1.807, 2.05) is 19.9 Å². The number of hydrogen-bond donors (Lipinski definition) is 1. The Morgan fingerprint density at radius 3 is 2.83 bits per heavy atom. The van der Waals surface area contributed by atoms with Gasteiger partial charge in [-0.2, -0.15) is 5.10 Å². The molecule has 0 bridgehead atoms. The van der Waals surface area contributed by atoms with Gasteiger partial charge in [-0.05, 0) is 18.6 Å². The Balaban J connectivity index is 2.32. The van der Waals surface area contributed by atoms with Crippen LogP contribution in [-0.2, 0) is 13.0 Å². The van der Waals surface area contributed by atoms with E-state index in [9.17, 15) is 5.11 Å². The van der Waals surface area contributed by atoms with Crippen LogP contribution in [0.2, 0.25) is 5.02 Å². The summed E-state index contributed by atoms with van der Waals surface area (Å²) in [6.07, 6.45) is 2.41. The Morgan fingerprint density at radius 2 is 2.22 bits per heavy atom. The number of rotatable bonds is 5. The normalized spacial score (nSPS) is 12.9. The molecule has 1 atom stereocenters. The standard InChI is InChI=1S/C13H17ClN2O2/c1-3-7-16-12(10(14)8-15-16)13(17)11-6-5-9(4-2)18-11/h5-6,8,13,17H,3-4,7H2,1-2H3. The molecule has 18 heavy (non-hydrogen) atoms. The molecule has 5 heteroatoms. The number of nitrogens with zero attached hydrogens (tertiary/aromatic N) is 2. The average Bonchev–Trinajstić information content (AvgIpc) is 2.96. The molecule has 4 nitrogen and oxygen atoms in total. The minimum absolute atomic E-state index is 0.463. The highest BCUT2D eigenvalue weighted by Crippen LogP contribution is 2.29. The maximum atomic E-state index is 10.3. The van der Waals surface area contributed by atoms with Crippen LogP contribution in [-0.4, -0.2) is 14.9 Å². The van der Waals surface area contributed by atoms with Gasteiger partial charge in [-0.15, -0.1) is 0 Å². The lowest BCUT2D eigenvalue weighted by molar-refractivity contribution is 0.176. The monoisotopic (exact) mass is 268 g/mol. The van der Waals surface area contributed by atoms with Gasteiger partial charge in [-0.25, -0.2) is 0 Å². The summed E-state index contributed by atoms with van der Waals surface area (Å²) >= 11 is 6.08. The first-order valence-electron chi connectivity index (χ1n) is 6.15. The van der Waals surface area contributed by atoms with E-state index in [2.05, 4.69) is 5.10 Å². The van der Waals surface area contributed by atoms with Gasteiger partial charge in [0, 0.05) is 13.0 Å². The first kappa shape index (κ1) is 13.2. The van der Waals surface area contributed by atoms with E-state index in [-0.39, 0.29) is 0 Å². The fourth-order valence-electron chi connectivity index (χ4n) is 1.90. The molecule has 0 fully saturated rings. The topological polar surface area (TPSA) is 51.2 Å². The van der Waals surface area contributed by atoms with Gasteiger partial charge in [0.25, 0.3) is 0 Å². The molecule has 2 heterocycles. The molecule has 0 aliphatic rings. The van der Waals surface area contributed by atoms with Crippen LogP contribution in [0.25, 0.3) is 0 Å². The third-order valence-electron chi connectivity index (χ3n) is 2.83. The van der Waals surface area contributed by atoms with Crippen LogP contribution in [0, 0.1) is 0 Å². The fourth-order valence-corrected chi connectivity index (χ4v) is 2.14. The molecule has 1 unspecified atom stereocenters. The van der Waals surface area contributed by atoms with Gasteiger partial charge in [-0.1, -0.05) is 25.4 Å². The summed E-state index contributed by atoms with van der Waals surface area (Å²) in [7, 11) is 0. The van der Waals surface area contributed by atoms with Crippen molar-refractivity contribution in [1.82, 2.24) is 9.78 Å². The molecule has 1 N–H and O–H groups in total. The second-order valence-electron chi connectivity index (χ2n) is 4.16. The molecule has 0 aromatic carbocycles. The Labute approximate surface area is 111 Å². The molecule has 0 spiro atoms. The molecule has 0 amide bonds. The summed E-state index contributed by atoms with van der Waals surface area (Å²) in [5, 5.41) is 15.0. The van der Waals surface area contributed by atoms with Crippen molar-refractivity contribution in [3.8, 4) is 0 Å². The zero-order chi connectivity index (χ0) is 13.1. The van der Waals surface area contributed by atoms with Crippen molar-refractivity contribution in [3.63, 3.8) is 0 Å². The van der Waals surface area contributed by atoms with Crippen molar-refractivity contribution in [3.05, 3.63) is 40.6 Å². The van der Waals surface area contributed by atoms with Gasteiger partial charge >= 0.3 is 0 Å². The first-order chi connectivity index (χ1) is 8.67. The zero-order valence-electron chi connectivity index (χ0n) is 10.6. The lowest BCUT2D eigenvalue weighted by Crippen LogP contribution is -2.10. The molecule has 0 radical (unpaired) electrons. The Kier molecular flexibility index (Phi) is 4.09. The molecule has 0 aliphatic carbocycles. The molecule has 2 rings (SSSR count). The number of furan rings is 1. The number of aliphatic hydroxyl groups excluding tert-OH is 1. The summed E-state index contributed by atoms with van der Waals surface area (Å²) in [6, 6.07) is 3.65. The third kappa shape index (κ3) is 2.44. The van der Waals surface area contributed by atoms with Crippen molar-refractivity contribution in [1.29, 1.82) is 0 Å². The summed E-state index contributed by atoms with van der Waals surface area (Å²) in [4.78, 5) is 0. The SMILES string of the molecule is CCCn1ncc(Cl)c1C(O)c1ccc(CC)o1. The third-order valence-corrected chi connectivity index (χ3v) is 3.12. The molecule has 98 valence electrons. The van der Waals surface area contributed by atoms with E-state index in [0.717, 1.165) is 25.1 Å². The van der Waals surface area contributed by atoms with E-state index >= 15 is 0 Å². The predicted octanol–water partition coefficient (Wildman–Crippen LogP) is 3.18. The maximum absolute atomic E-state index is 10.3. The predicted molar refractivity (Wildman–Crippen MR) is 69.7 cm³/mol. The lowest BCUT2D eigenvalue weighted by Gasteiger charge is -2.11. The maximum Gasteiger partial charge on any atom is 0.155 e. The highest BCUT2D eigenvalue weighted by molar-refractivity contribution is 6.31.